The first-order valence-corrected chi connectivity index (χ1v) is 10.0. The number of primary amides is 1. The van der Waals surface area contributed by atoms with Gasteiger partial charge >= 0.3 is 0 Å². The predicted molar refractivity (Wildman–Crippen MR) is 119 cm³/mol. The molecule has 10 heteroatoms. The van der Waals surface area contributed by atoms with Gasteiger partial charge in [-0.15, -0.1) is 0 Å². The highest BCUT2D eigenvalue weighted by Crippen LogP contribution is 2.28. The number of nitrogens with two attached hydrogens (primary N) is 1. The van der Waals surface area contributed by atoms with Crippen LogP contribution in [0.4, 0.5) is 5.69 Å². The normalized spacial score (nSPS) is 10.5. The van der Waals surface area contributed by atoms with Crippen molar-refractivity contribution in [2.45, 2.75) is 13.0 Å². The molecule has 0 atom stereocenters. The summed E-state index contributed by atoms with van der Waals surface area (Å²) in [5, 5.41) is 0.769. The molecule has 0 spiro atoms. The Hall–Kier alpha value is -3.00. The van der Waals surface area contributed by atoms with Crippen molar-refractivity contribution in [2.75, 3.05) is 4.90 Å². The molecule has 2 amide bonds. The van der Waals surface area contributed by atoms with E-state index in [4.69, 9.17) is 40.5 Å². The summed E-state index contributed by atoms with van der Waals surface area (Å²) in [6.07, 6.45) is 2.36. The molecule has 3 rings (SSSR count). The highest BCUT2D eigenvalue weighted by molar-refractivity contribution is 6.42. The second-order valence-electron chi connectivity index (χ2n) is 6.43. The van der Waals surface area contributed by atoms with E-state index in [1.54, 1.807) is 24.3 Å². The number of hydrogen-bond acceptors (Lipinski definition) is 5. The lowest BCUT2D eigenvalue weighted by Gasteiger charge is -2.23. The van der Waals surface area contributed by atoms with E-state index < -0.39 is 24.0 Å². The van der Waals surface area contributed by atoms with Crippen molar-refractivity contribution in [1.82, 2.24) is 9.97 Å². The van der Waals surface area contributed by atoms with Crippen molar-refractivity contribution < 1.29 is 14.4 Å². The molecule has 0 fully saturated rings. The van der Waals surface area contributed by atoms with Gasteiger partial charge in [-0.05, 0) is 42.0 Å². The van der Waals surface area contributed by atoms with Crippen LogP contribution in [0.5, 0.6) is 0 Å². The average Bonchev–Trinajstić information content (AvgIpc) is 2.74. The van der Waals surface area contributed by atoms with Gasteiger partial charge in [0, 0.05) is 18.1 Å². The Morgan fingerprint density at radius 3 is 2.23 bits per heavy atom. The molecule has 1 aromatic heterocycles. The summed E-state index contributed by atoms with van der Waals surface area (Å²) in [4.78, 5) is 46.1. The first-order chi connectivity index (χ1) is 14.8. The Morgan fingerprint density at radius 2 is 1.61 bits per heavy atom. The van der Waals surface area contributed by atoms with E-state index in [-0.39, 0.29) is 23.0 Å². The third kappa shape index (κ3) is 5.58. The van der Waals surface area contributed by atoms with E-state index in [1.165, 1.54) is 35.5 Å². The zero-order chi connectivity index (χ0) is 22.5. The van der Waals surface area contributed by atoms with Crippen LogP contribution in [0.25, 0.3) is 0 Å². The maximum Gasteiger partial charge on any atom is 0.250 e. The number of ketones is 1. The van der Waals surface area contributed by atoms with Crippen molar-refractivity contribution in [1.29, 1.82) is 0 Å². The third-order valence-corrected chi connectivity index (χ3v) is 5.33. The second kappa shape index (κ2) is 9.87. The van der Waals surface area contributed by atoms with Crippen molar-refractivity contribution in [3.8, 4) is 0 Å². The number of rotatable bonds is 7. The van der Waals surface area contributed by atoms with E-state index >= 15 is 0 Å². The van der Waals surface area contributed by atoms with Crippen LogP contribution in [-0.2, 0) is 11.3 Å². The lowest BCUT2D eigenvalue weighted by atomic mass is 10.1. The van der Waals surface area contributed by atoms with Gasteiger partial charge < -0.3 is 10.6 Å². The summed E-state index contributed by atoms with van der Waals surface area (Å²) >= 11 is 18.2. The van der Waals surface area contributed by atoms with E-state index in [1.807, 2.05) is 0 Å². The van der Waals surface area contributed by atoms with Crippen molar-refractivity contribution >= 4 is 58.1 Å². The number of halogens is 3. The van der Waals surface area contributed by atoms with Gasteiger partial charge in [0.2, 0.25) is 17.6 Å². The maximum absolute atomic E-state index is 13.1. The SMILES string of the molecule is NC(=O)c1ccc(N(Cc2ccc(Cl)c(Cl)c2)C(=O)CC(=O)c2ncccn2)cc1Cl. The quantitative estimate of drug-likeness (QED) is 0.402. The molecule has 0 aliphatic rings. The fourth-order valence-electron chi connectivity index (χ4n) is 2.77. The molecule has 0 saturated heterocycles. The van der Waals surface area contributed by atoms with Crippen molar-refractivity contribution in [3.63, 3.8) is 0 Å². The van der Waals surface area contributed by atoms with Gasteiger partial charge in [-0.25, -0.2) is 9.97 Å². The van der Waals surface area contributed by atoms with Crippen molar-refractivity contribution in [2.24, 2.45) is 5.73 Å². The summed E-state index contributed by atoms with van der Waals surface area (Å²) in [7, 11) is 0. The molecule has 7 nitrogen and oxygen atoms in total. The van der Waals surface area contributed by atoms with E-state index in [2.05, 4.69) is 9.97 Å². The molecular formula is C21H15Cl3N4O3. The number of benzene rings is 2. The highest BCUT2D eigenvalue weighted by atomic mass is 35.5. The van der Waals surface area contributed by atoms with E-state index in [0.717, 1.165) is 0 Å². The van der Waals surface area contributed by atoms with Gasteiger partial charge in [0.05, 0.1) is 33.6 Å². The monoisotopic (exact) mass is 476 g/mol. The summed E-state index contributed by atoms with van der Waals surface area (Å²) in [6, 6.07) is 10.9. The summed E-state index contributed by atoms with van der Waals surface area (Å²) < 4.78 is 0. The standard InChI is InChI=1S/C21H15Cl3N4O3/c22-15-5-2-12(8-17(15)24)11-28(13-3-4-14(20(25)31)16(23)9-13)19(30)10-18(29)21-26-6-1-7-27-21/h1-9H,10-11H2,(H2,25,31). The molecule has 2 N–H and O–H groups in total. The molecule has 0 aliphatic heterocycles. The molecule has 2 aromatic carbocycles. The van der Waals surface area contributed by atoms with Gasteiger partial charge in [0.25, 0.3) is 0 Å². The Kier molecular flexibility index (Phi) is 7.22. The number of carbonyl (C=O) groups excluding carboxylic acids is 3. The zero-order valence-electron chi connectivity index (χ0n) is 15.9. The highest BCUT2D eigenvalue weighted by Gasteiger charge is 2.23. The number of aromatic nitrogens is 2. The van der Waals surface area contributed by atoms with Crippen LogP contribution >= 0.6 is 34.8 Å². The predicted octanol–water partition coefficient (Wildman–Crippen LogP) is 4.34. The minimum atomic E-state index is -0.699. The van der Waals surface area contributed by atoms with Gasteiger partial charge in [-0.3, -0.25) is 14.4 Å². The van der Waals surface area contributed by atoms with Crippen LogP contribution in [0.1, 0.15) is 33.0 Å². The third-order valence-electron chi connectivity index (χ3n) is 4.28. The first kappa shape index (κ1) is 22.7. The number of Topliss-reactive ketones (excluding diaryl/α,β-unsaturated/α-hetero) is 1. The van der Waals surface area contributed by atoms with Gasteiger partial charge in [-0.2, -0.15) is 0 Å². The van der Waals surface area contributed by atoms with E-state index in [9.17, 15) is 14.4 Å². The number of hydrogen-bond donors (Lipinski definition) is 1. The molecular weight excluding hydrogens is 463 g/mol. The molecule has 0 aliphatic carbocycles. The lowest BCUT2D eigenvalue weighted by molar-refractivity contribution is -0.117. The molecule has 31 heavy (non-hydrogen) atoms. The smallest absolute Gasteiger partial charge is 0.250 e. The van der Waals surface area contributed by atoms with Crippen LogP contribution in [0.2, 0.25) is 15.1 Å². The number of amides is 2. The van der Waals surface area contributed by atoms with Gasteiger partial charge in [0.1, 0.15) is 0 Å². The first-order valence-electron chi connectivity index (χ1n) is 8.90. The molecule has 0 bridgehead atoms. The molecule has 0 radical (unpaired) electrons. The van der Waals surface area contributed by atoms with Crippen molar-refractivity contribution in [3.05, 3.63) is 86.9 Å². The average molecular weight is 478 g/mol. The minimum Gasteiger partial charge on any atom is -0.366 e. The Labute approximate surface area is 192 Å². The Morgan fingerprint density at radius 1 is 0.903 bits per heavy atom. The number of carbonyl (C=O) groups is 3. The Bertz CT molecular complexity index is 1160. The second-order valence-corrected chi connectivity index (χ2v) is 7.65. The molecule has 3 aromatic rings. The molecule has 0 saturated carbocycles. The van der Waals surface area contributed by atoms with Crippen LogP contribution in [0.3, 0.4) is 0 Å². The maximum atomic E-state index is 13.1. The van der Waals surface area contributed by atoms with E-state index in [0.29, 0.717) is 21.3 Å². The van der Waals surface area contributed by atoms with Crippen LogP contribution in [0.15, 0.2) is 54.9 Å². The van der Waals surface area contributed by atoms with Crippen LogP contribution in [0, 0.1) is 0 Å². The summed E-state index contributed by atoms with van der Waals surface area (Å²) in [5.74, 6) is -1.82. The fourth-order valence-corrected chi connectivity index (χ4v) is 3.36. The fraction of sp³-hybridized carbons (Fsp3) is 0.0952. The lowest BCUT2D eigenvalue weighted by Crippen LogP contribution is -2.32. The zero-order valence-corrected chi connectivity index (χ0v) is 18.2. The summed E-state index contributed by atoms with van der Waals surface area (Å²) in [6.45, 7) is 0.0743. The number of anilines is 1. The van der Waals surface area contributed by atoms with Crippen LogP contribution in [-0.4, -0.2) is 27.6 Å². The van der Waals surface area contributed by atoms with Gasteiger partial charge in [-0.1, -0.05) is 40.9 Å². The molecule has 158 valence electrons. The minimum absolute atomic E-state index is 0.0625. The van der Waals surface area contributed by atoms with Gasteiger partial charge in [0.15, 0.2) is 5.82 Å². The van der Waals surface area contributed by atoms with Crippen LogP contribution < -0.4 is 10.6 Å². The Balaban J connectivity index is 1.94. The molecule has 0 unspecified atom stereocenters. The topological polar surface area (TPSA) is 106 Å². The number of nitrogens with zero attached hydrogens (tertiary/aromatic N) is 3. The largest absolute Gasteiger partial charge is 0.366 e. The molecule has 1 heterocycles. The summed E-state index contributed by atoms with van der Waals surface area (Å²) in [5.41, 5.74) is 6.44.